The van der Waals surface area contributed by atoms with Gasteiger partial charge in [0.2, 0.25) is 0 Å². The van der Waals surface area contributed by atoms with Gasteiger partial charge in [0.1, 0.15) is 0 Å². The second-order valence-corrected chi connectivity index (χ2v) is 6.16. The first-order valence-electron chi connectivity index (χ1n) is 6.57. The number of rotatable bonds is 8. The van der Waals surface area contributed by atoms with E-state index in [2.05, 4.69) is 36.7 Å². The summed E-state index contributed by atoms with van der Waals surface area (Å²) < 4.78 is 5.40. The van der Waals surface area contributed by atoms with E-state index < -0.39 is 6.10 Å². The number of hydrogen-bond acceptors (Lipinski definition) is 4. The zero-order chi connectivity index (χ0) is 13.5. The van der Waals surface area contributed by atoms with E-state index in [1.807, 2.05) is 13.8 Å². The third-order valence-corrected chi connectivity index (χ3v) is 3.67. The molecule has 0 aliphatic heterocycles. The Morgan fingerprint density at radius 3 is 2.56 bits per heavy atom. The monoisotopic (exact) mass is 271 g/mol. The Hall–Kier alpha value is -0.420. The Bertz CT molecular complexity index is 312. The predicted octanol–water partition coefficient (Wildman–Crippen LogP) is 2.82. The van der Waals surface area contributed by atoms with Crippen molar-refractivity contribution in [2.24, 2.45) is 5.92 Å². The maximum atomic E-state index is 9.84. The first-order valence-corrected chi connectivity index (χ1v) is 7.45. The summed E-state index contributed by atoms with van der Waals surface area (Å²) in [5, 5.41) is 15.4. The first kappa shape index (κ1) is 15.6. The normalized spacial score (nSPS) is 15.3. The molecule has 1 heterocycles. The minimum atomic E-state index is -0.450. The molecule has 0 spiro atoms. The van der Waals surface area contributed by atoms with Crippen LogP contribution in [0.5, 0.6) is 0 Å². The molecule has 3 nitrogen and oxygen atoms in total. The summed E-state index contributed by atoms with van der Waals surface area (Å²) in [4.78, 5) is 1.32. The van der Waals surface area contributed by atoms with Crippen LogP contribution in [0.15, 0.2) is 17.5 Å². The number of aliphatic hydroxyl groups excluding tert-OH is 1. The van der Waals surface area contributed by atoms with E-state index in [0.717, 1.165) is 0 Å². The lowest BCUT2D eigenvalue weighted by Crippen LogP contribution is -2.35. The average Bonchev–Trinajstić information content (AvgIpc) is 2.79. The van der Waals surface area contributed by atoms with Crippen molar-refractivity contribution in [3.05, 3.63) is 22.4 Å². The maximum absolute atomic E-state index is 9.84. The van der Waals surface area contributed by atoms with Gasteiger partial charge in [0.05, 0.1) is 18.8 Å². The Balaban J connectivity index is 2.39. The molecule has 2 atom stereocenters. The molecule has 1 aromatic heterocycles. The Labute approximate surface area is 114 Å². The van der Waals surface area contributed by atoms with Crippen molar-refractivity contribution in [2.75, 3.05) is 13.2 Å². The lowest BCUT2D eigenvalue weighted by Gasteiger charge is -2.23. The van der Waals surface area contributed by atoms with Gasteiger partial charge in [-0.1, -0.05) is 19.9 Å². The van der Waals surface area contributed by atoms with E-state index in [1.54, 1.807) is 11.3 Å². The molecule has 0 bridgehead atoms. The summed E-state index contributed by atoms with van der Waals surface area (Å²) in [7, 11) is 0. The summed E-state index contributed by atoms with van der Waals surface area (Å²) in [5.74, 6) is 0.502. The van der Waals surface area contributed by atoms with Gasteiger partial charge in [-0.15, -0.1) is 11.3 Å². The van der Waals surface area contributed by atoms with Gasteiger partial charge in [0.25, 0.3) is 0 Å². The Kier molecular flexibility index (Phi) is 6.86. The fourth-order valence-corrected chi connectivity index (χ4v) is 2.73. The van der Waals surface area contributed by atoms with Gasteiger partial charge in [-0.25, -0.2) is 0 Å². The highest BCUT2D eigenvalue weighted by molar-refractivity contribution is 7.10. The van der Waals surface area contributed by atoms with Crippen molar-refractivity contribution in [3.63, 3.8) is 0 Å². The molecule has 0 aromatic carbocycles. The smallest absolute Gasteiger partial charge is 0.0898 e. The third kappa shape index (κ3) is 5.48. The van der Waals surface area contributed by atoms with Crippen molar-refractivity contribution in [1.82, 2.24) is 5.32 Å². The fraction of sp³-hybridized carbons (Fsp3) is 0.714. The number of aliphatic hydroxyl groups is 1. The van der Waals surface area contributed by atoms with Gasteiger partial charge < -0.3 is 15.2 Å². The molecule has 1 aromatic rings. The highest BCUT2D eigenvalue weighted by atomic mass is 32.1. The minimum absolute atomic E-state index is 0.165. The number of hydrogen-bond donors (Lipinski definition) is 2. The van der Waals surface area contributed by atoms with Crippen LogP contribution in [-0.2, 0) is 4.74 Å². The molecule has 0 aliphatic carbocycles. The summed E-state index contributed by atoms with van der Waals surface area (Å²) >= 11 is 1.75. The second-order valence-electron chi connectivity index (χ2n) is 5.18. The maximum Gasteiger partial charge on any atom is 0.0898 e. The second kappa shape index (κ2) is 7.89. The molecule has 0 fully saturated rings. The Morgan fingerprint density at radius 2 is 2.06 bits per heavy atom. The molecule has 0 saturated heterocycles. The molecule has 2 unspecified atom stereocenters. The van der Waals surface area contributed by atoms with Crippen molar-refractivity contribution in [2.45, 2.75) is 45.9 Å². The van der Waals surface area contributed by atoms with Crippen molar-refractivity contribution in [3.8, 4) is 0 Å². The van der Waals surface area contributed by atoms with E-state index in [9.17, 15) is 5.11 Å². The molecule has 0 radical (unpaired) electrons. The van der Waals surface area contributed by atoms with E-state index in [-0.39, 0.29) is 6.10 Å². The van der Waals surface area contributed by atoms with Gasteiger partial charge >= 0.3 is 0 Å². The van der Waals surface area contributed by atoms with Crippen LogP contribution in [0.2, 0.25) is 0 Å². The summed E-state index contributed by atoms with van der Waals surface area (Å²) in [5.41, 5.74) is 0. The van der Waals surface area contributed by atoms with E-state index in [1.165, 1.54) is 4.88 Å². The number of nitrogens with one attached hydrogen (secondary N) is 1. The highest BCUT2D eigenvalue weighted by Gasteiger charge is 2.17. The molecule has 0 aliphatic rings. The summed E-state index contributed by atoms with van der Waals surface area (Å²) in [6.07, 6.45) is -0.286. The lowest BCUT2D eigenvalue weighted by atomic mass is 10.0. The van der Waals surface area contributed by atoms with Crippen LogP contribution < -0.4 is 5.32 Å². The van der Waals surface area contributed by atoms with Gasteiger partial charge in [-0.3, -0.25) is 0 Å². The van der Waals surface area contributed by atoms with Gasteiger partial charge in [0.15, 0.2) is 0 Å². The molecule has 4 heteroatoms. The average molecular weight is 271 g/mol. The van der Waals surface area contributed by atoms with Crippen LogP contribution in [0.1, 0.15) is 38.6 Å². The highest BCUT2D eigenvalue weighted by Crippen LogP contribution is 2.25. The van der Waals surface area contributed by atoms with Crippen LogP contribution in [0.3, 0.4) is 0 Å². The predicted molar refractivity (Wildman–Crippen MR) is 77.0 cm³/mol. The third-order valence-electron chi connectivity index (χ3n) is 2.71. The first-order chi connectivity index (χ1) is 8.50. The molecule has 2 N–H and O–H groups in total. The van der Waals surface area contributed by atoms with Gasteiger partial charge in [0, 0.05) is 17.5 Å². The lowest BCUT2D eigenvalue weighted by molar-refractivity contribution is 0.00493. The number of ether oxygens (including phenoxy) is 1. The molecule has 0 amide bonds. The SMILES string of the molecule is CC(C)OCC(O)CNC(c1cccs1)C(C)C. The largest absolute Gasteiger partial charge is 0.389 e. The van der Waals surface area contributed by atoms with Crippen LogP contribution in [0.25, 0.3) is 0 Å². The molecule has 18 heavy (non-hydrogen) atoms. The van der Waals surface area contributed by atoms with Gasteiger partial charge in [-0.05, 0) is 31.2 Å². The zero-order valence-corrected chi connectivity index (χ0v) is 12.5. The molecule has 1 rings (SSSR count). The van der Waals surface area contributed by atoms with Crippen molar-refractivity contribution < 1.29 is 9.84 Å². The van der Waals surface area contributed by atoms with Crippen LogP contribution >= 0.6 is 11.3 Å². The zero-order valence-electron chi connectivity index (χ0n) is 11.7. The molecule has 0 saturated carbocycles. The van der Waals surface area contributed by atoms with Crippen molar-refractivity contribution in [1.29, 1.82) is 0 Å². The molecular weight excluding hydrogens is 246 g/mol. The minimum Gasteiger partial charge on any atom is -0.389 e. The topological polar surface area (TPSA) is 41.5 Å². The van der Waals surface area contributed by atoms with E-state index in [4.69, 9.17) is 4.74 Å². The van der Waals surface area contributed by atoms with Crippen LogP contribution in [-0.4, -0.2) is 30.5 Å². The quantitative estimate of drug-likeness (QED) is 0.764. The standard InChI is InChI=1S/C14H25NO2S/c1-10(2)14(13-6-5-7-18-13)15-8-12(16)9-17-11(3)4/h5-7,10-12,14-16H,8-9H2,1-4H3. The van der Waals surface area contributed by atoms with E-state index in [0.29, 0.717) is 25.1 Å². The molecular formula is C14H25NO2S. The number of thiophene rings is 1. The molecule has 104 valence electrons. The summed E-state index contributed by atoms with van der Waals surface area (Å²) in [6, 6.07) is 4.51. The van der Waals surface area contributed by atoms with E-state index >= 15 is 0 Å². The van der Waals surface area contributed by atoms with Crippen LogP contribution in [0.4, 0.5) is 0 Å². The Morgan fingerprint density at radius 1 is 1.33 bits per heavy atom. The summed E-state index contributed by atoms with van der Waals surface area (Å²) in [6.45, 7) is 9.28. The fourth-order valence-electron chi connectivity index (χ4n) is 1.76. The van der Waals surface area contributed by atoms with Crippen molar-refractivity contribution >= 4 is 11.3 Å². The van der Waals surface area contributed by atoms with Gasteiger partial charge in [-0.2, -0.15) is 0 Å². The van der Waals surface area contributed by atoms with Crippen LogP contribution in [0, 0.1) is 5.92 Å².